The Bertz CT molecular complexity index is 477. The van der Waals surface area contributed by atoms with Crippen LogP contribution in [0.15, 0.2) is 18.2 Å². The van der Waals surface area contributed by atoms with Gasteiger partial charge in [0.15, 0.2) is 0 Å². The van der Waals surface area contributed by atoms with E-state index in [9.17, 15) is 4.39 Å². The van der Waals surface area contributed by atoms with Gasteiger partial charge in [-0.05, 0) is 35.4 Å². The number of hydrogen-bond acceptors (Lipinski definition) is 2. The fourth-order valence-corrected chi connectivity index (χ4v) is 2.92. The van der Waals surface area contributed by atoms with Crippen molar-refractivity contribution in [2.45, 2.75) is 53.6 Å². The standard InChI is InChI=1S/C18H29FN2/c1-13(2)20-11-14-6-7-17(16(19)10-14)21-9-8-15(12-21)18(3,4)5/h6-7,10,13,15,20H,8-9,11-12H2,1-5H3. The lowest BCUT2D eigenvalue weighted by Gasteiger charge is -2.27. The monoisotopic (exact) mass is 292 g/mol. The lowest BCUT2D eigenvalue weighted by atomic mass is 9.80. The second-order valence-corrected chi connectivity index (χ2v) is 7.62. The van der Waals surface area contributed by atoms with E-state index in [-0.39, 0.29) is 5.82 Å². The molecule has 1 fully saturated rings. The van der Waals surface area contributed by atoms with Gasteiger partial charge < -0.3 is 10.2 Å². The van der Waals surface area contributed by atoms with Gasteiger partial charge in [-0.2, -0.15) is 0 Å². The lowest BCUT2D eigenvalue weighted by molar-refractivity contribution is 0.263. The molecule has 2 nitrogen and oxygen atoms in total. The highest BCUT2D eigenvalue weighted by Gasteiger charge is 2.32. The normalized spacial score (nSPS) is 19.6. The SMILES string of the molecule is CC(C)NCc1ccc(N2CCC(C(C)(C)C)C2)c(F)c1. The van der Waals surface area contributed by atoms with Crippen LogP contribution in [0.5, 0.6) is 0 Å². The largest absolute Gasteiger partial charge is 0.369 e. The summed E-state index contributed by atoms with van der Waals surface area (Å²) < 4.78 is 14.4. The zero-order valence-corrected chi connectivity index (χ0v) is 14.0. The summed E-state index contributed by atoms with van der Waals surface area (Å²) >= 11 is 0. The van der Waals surface area contributed by atoms with E-state index in [4.69, 9.17) is 0 Å². The van der Waals surface area contributed by atoms with Crippen LogP contribution in [0.2, 0.25) is 0 Å². The predicted molar refractivity (Wildman–Crippen MR) is 88.2 cm³/mol. The minimum absolute atomic E-state index is 0.0902. The van der Waals surface area contributed by atoms with Crippen molar-refractivity contribution in [3.05, 3.63) is 29.6 Å². The maximum Gasteiger partial charge on any atom is 0.146 e. The van der Waals surface area contributed by atoms with E-state index in [1.165, 1.54) is 0 Å². The molecule has 1 N–H and O–H groups in total. The first-order valence-corrected chi connectivity index (χ1v) is 8.04. The Labute approximate surface area is 128 Å². The van der Waals surface area contributed by atoms with Crippen molar-refractivity contribution in [1.29, 1.82) is 0 Å². The highest BCUT2D eigenvalue weighted by atomic mass is 19.1. The van der Waals surface area contributed by atoms with Crippen molar-refractivity contribution < 1.29 is 4.39 Å². The van der Waals surface area contributed by atoms with Crippen molar-refractivity contribution in [2.24, 2.45) is 11.3 Å². The molecule has 3 heteroatoms. The molecule has 0 aliphatic carbocycles. The Morgan fingerprint density at radius 1 is 1.33 bits per heavy atom. The molecular formula is C18H29FN2. The molecule has 2 rings (SSSR count). The van der Waals surface area contributed by atoms with Gasteiger partial charge in [-0.25, -0.2) is 4.39 Å². The molecule has 0 spiro atoms. The first-order chi connectivity index (χ1) is 9.77. The van der Waals surface area contributed by atoms with Crippen LogP contribution >= 0.6 is 0 Å². The Kier molecular flexibility index (Phi) is 4.92. The molecular weight excluding hydrogens is 263 g/mol. The first-order valence-electron chi connectivity index (χ1n) is 8.04. The summed E-state index contributed by atoms with van der Waals surface area (Å²) in [5.41, 5.74) is 2.07. The van der Waals surface area contributed by atoms with E-state index in [2.05, 4.69) is 44.8 Å². The van der Waals surface area contributed by atoms with E-state index in [1.807, 2.05) is 12.1 Å². The second-order valence-electron chi connectivity index (χ2n) is 7.62. The zero-order chi connectivity index (χ0) is 15.6. The van der Waals surface area contributed by atoms with Gasteiger partial charge in [-0.3, -0.25) is 0 Å². The molecule has 0 aromatic heterocycles. The summed E-state index contributed by atoms with van der Waals surface area (Å²) in [7, 11) is 0. The Balaban J connectivity index is 2.05. The number of nitrogens with one attached hydrogen (secondary N) is 1. The molecule has 118 valence electrons. The second kappa shape index (κ2) is 6.35. The Morgan fingerprint density at radius 2 is 2.05 bits per heavy atom. The summed E-state index contributed by atoms with van der Waals surface area (Å²) in [5, 5.41) is 3.32. The maximum atomic E-state index is 14.4. The lowest BCUT2D eigenvalue weighted by Crippen LogP contribution is -2.26. The highest BCUT2D eigenvalue weighted by molar-refractivity contribution is 5.50. The van der Waals surface area contributed by atoms with E-state index in [0.717, 1.165) is 37.3 Å². The average molecular weight is 292 g/mol. The average Bonchev–Trinajstić information content (AvgIpc) is 2.85. The van der Waals surface area contributed by atoms with Crippen molar-refractivity contribution in [3.8, 4) is 0 Å². The molecule has 1 aromatic carbocycles. The molecule has 21 heavy (non-hydrogen) atoms. The first kappa shape index (κ1) is 16.3. The van der Waals surface area contributed by atoms with Crippen molar-refractivity contribution in [1.82, 2.24) is 5.32 Å². The Hall–Kier alpha value is -1.09. The van der Waals surface area contributed by atoms with Crippen LogP contribution in [0.25, 0.3) is 0 Å². The third kappa shape index (κ3) is 4.19. The summed E-state index contributed by atoms with van der Waals surface area (Å²) in [4.78, 5) is 2.20. The molecule has 0 bridgehead atoms. The van der Waals surface area contributed by atoms with Crippen molar-refractivity contribution in [3.63, 3.8) is 0 Å². The van der Waals surface area contributed by atoms with Gasteiger partial charge in [-0.1, -0.05) is 40.7 Å². The zero-order valence-electron chi connectivity index (χ0n) is 14.0. The fraction of sp³-hybridized carbons (Fsp3) is 0.667. The molecule has 1 heterocycles. The summed E-state index contributed by atoms with van der Waals surface area (Å²) in [6.45, 7) is 13.7. The van der Waals surface area contributed by atoms with Crippen LogP contribution in [0.1, 0.15) is 46.6 Å². The van der Waals surface area contributed by atoms with E-state index >= 15 is 0 Å². The van der Waals surface area contributed by atoms with Crippen LogP contribution in [0.3, 0.4) is 0 Å². The van der Waals surface area contributed by atoms with E-state index < -0.39 is 0 Å². The van der Waals surface area contributed by atoms with Crippen LogP contribution in [-0.2, 0) is 6.54 Å². The van der Waals surface area contributed by atoms with E-state index in [1.54, 1.807) is 6.07 Å². The van der Waals surface area contributed by atoms with Gasteiger partial charge in [0, 0.05) is 25.7 Å². The molecule has 1 unspecified atom stereocenters. The quantitative estimate of drug-likeness (QED) is 0.895. The van der Waals surface area contributed by atoms with E-state index in [0.29, 0.717) is 17.4 Å². The van der Waals surface area contributed by atoms with Gasteiger partial charge in [0.2, 0.25) is 0 Å². The van der Waals surface area contributed by atoms with Crippen LogP contribution in [0, 0.1) is 17.2 Å². The van der Waals surface area contributed by atoms with Gasteiger partial charge in [0.05, 0.1) is 5.69 Å². The number of rotatable bonds is 4. The number of nitrogens with zero attached hydrogens (tertiary/aromatic N) is 1. The number of hydrogen-bond donors (Lipinski definition) is 1. The molecule has 0 radical (unpaired) electrons. The topological polar surface area (TPSA) is 15.3 Å². The highest BCUT2D eigenvalue weighted by Crippen LogP contribution is 2.36. The van der Waals surface area contributed by atoms with Gasteiger partial charge in [0.1, 0.15) is 5.82 Å². The van der Waals surface area contributed by atoms with Crippen LogP contribution < -0.4 is 10.2 Å². The van der Waals surface area contributed by atoms with Crippen molar-refractivity contribution in [2.75, 3.05) is 18.0 Å². The van der Waals surface area contributed by atoms with Crippen molar-refractivity contribution >= 4 is 5.69 Å². The molecule has 0 saturated carbocycles. The smallest absolute Gasteiger partial charge is 0.146 e. The number of anilines is 1. The molecule has 1 aliphatic heterocycles. The maximum absolute atomic E-state index is 14.4. The van der Waals surface area contributed by atoms with Crippen LogP contribution in [0.4, 0.5) is 10.1 Å². The molecule has 1 saturated heterocycles. The summed E-state index contributed by atoms with van der Waals surface area (Å²) in [6.07, 6.45) is 1.15. The molecule has 1 atom stereocenters. The molecule has 1 aromatic rings. The third-order valence-corrected chi connectivity index (χ3v) is 4.48. The summed E-state index contributed by atoms with van der Waals surface area (Å²) in [5.74, 6) is 0.548. The Morgan fingerprint density at radius 3 is 2.57 bits per heavy atom. The third-order valence-electron chi connectivity index (χ3n) is 4.48. The van der Waals surface area contributed by atoms with Gasteiger partial charge in [0.25, 0.3) is 0 Å². The molecule has 0 amide bonds. The van der Waals surface area contributed by atoms with Gasteiger partial charge >= 0.3 is 0 Å². The fourth-order valence-electron chi connectivity index (χ4n) is 2.92. The summed E-state index contributed by atoms with van der Waals surface area (Å²) in [6, 6.07) is 6.07. The molecule has 1 aliphatic rings. The predicted octanol–water partition coefficient (Wildman–Crippen LogP) is 4.20. The number of benzene rings is 1. The minimum Gasteiger partial charge on any atom is -0.369 e. The number of halogens is 1. The van der Waals surface area contributed by atoms with Crippen LogP contribution in [-0.4, -0.2) is 19.1 Å². The van der Waals surface area contributed by atoms with Gasteiger partial charge in [-0.15, -0.1) is 0 Å². The minimum atomic E-state index is -0.0902.